The topological polar surface area (TPSA) is 29.5 Å². The van der Waals surface area contributed by atoms with E-state index in [0.29, 0.717) is 12.2 Å². The Hall–Kier alpha value is -2.39. The van der Waals surface area contributed by atoms with Gasteiger partial charge in [0.25, 0.3) is 0 Å². The molecule has 148 valence electrons. The maximum atomic E-state index is 13.0. The molecule has 0 aliphatic heterocycles. The molecule has 0 saturated carbocycles. The second-order valence-corrected chi connectivity index (χ2v) is 7.38. The third kappa shape index (κ3) is 4.90. The van der Waals surface area contributed by atoms with Crippen molar-refractivity contribution in [3.8, 4) is 0 Å². The molecule has 3 aromatic rings. The number of benzene rings is 3. The van der Waals surface area contributed by atoms with Gasteiger partial charge in [0.1, 0.15) is 6.61 Å². The maximum absolute atomic E-state index is 13.0. The summed E-state index contributed by atoms with van der Waals surface area (Å²) in [4.78, 5) is 15.5. The molecular formula is C25H31NO2. The largest absolute Gasteiger partial charge is 0.461 e. The van der Waals surface area contributed by atoms with Crippen molar-refractivity contribution >= 4 is 27.5 Å². The highest BCUT2D eigenvalue weighted by Gasteiger charge is 2.16. The summed E-state index contributed by atoms with van der Waals surface area (Å²) in [6.45, 7) is 7.81. The summed E-state index contributed by atoms with van der Waals surface area (Å²) in [5, 5.41) is 4.06. The van der Waals surface area contributed by atoms with Gasteiger partial charge in [0.05, 0.1) is 5.56 Å². The monoisotopic (exact) mass is 377 g/mol. The van der Waals surface area contributed by atoms with Gasteiger partial charge in [-0.15, -0.1) is 0 Å². The molecular weight excluding hydrogens is 346 g/mol. The number of nitrogens with zero attached hydrogens (tertiary/aromatic N) is 1. The first-order chi connectivity index (χ1) is 13.7. The minimum Gasteiger partial charge on any atom is -0.461 e. The summed E-state index contributed by atoms with van der Waals surface area (Å²) >= 11 is 0. The van der Waals surface area contributed by atoms with Crippen LogP contribution in [0.5, 0.6) is 0 Å². The van der Waals surface area contributed by atoms with Crippen molar-refractivity contribution in [2.45, 2.75) is 39.5 Å². The molecule has 0 spiro atoms. The van der Waals surface area contributed by atoms with Crippen molar-refractivity contribution in [2.24, 2.45) is 0 Å². The van der Waals surface area contributed by atoms with Crippen LogP contribution < -0.4 is 0 Å². The summed E-state index contributed by atoms with van der Waals surface area (Å²) in [6.07, 6.45) is 4.74. The molecule has 28 heavy (non-hydrogen) atoms. The van der Waals surface area contributed by atoms with Crippen LogP contribution in [-0.4, -0.2) is 37.1 Å². The van der Waals surface area contributed by atoms with Crippen LogP contribution in [0.4, 0.5) is 0 Å². The summed E-state index contributed by atoms with van der Waals surface area (Å²) < 4.78 is 5.75. The number of fused-ring (bicyclic) bond motifs is 2. The Morgan fingerprint density at radius 3 is 1.89 bits per heavy atom. The third-order valence-corrected chi connectivity index (χ3v) is 5.27. The Labute approximate surface area is 168 Å². The molecule has 0 saturated heterocycles. The Morgan fingerprint density at radius 2 is 1.36 bits per heavy atom. The molecule has 3 heteroatoms. The lowest BCUT2D eigenvalue weighted by atomic mass is 9.97. The molecule has 0 heterocycles. The second-order valence-electron chi connectivity index (χ2n) is 7.38. The summed E-state index contributed by atoms with van der Waals surface area (Å²) in [5.74, 6) is -0.223. The fourth-order valence-electron chi connectivity index (χ4n) is 3.67. The zero-order valence-corrected chi connectivity index (χ0v) is 17.1. The average molecular weight is 378 g/mol. The number of ether oxygens (including phenoxy) is 1. The number of hydrogen-bond donors (Lipinski definition) is 0. The van der Waals surface area contributed by atoms with E-state index in [1.807, 2.05) is 36.4 Å². The van der Waals surface area contributed by atoms with Crippen LogP contribution in [0.2, 0.25) is 0 Å². The highest BCUT2D eigenvalue weighted by atomic mass is 16.5. The van der Waals surface area contributed by atoms with E-state index in [4.69, 9.17) is 4.74 Å². The number of unbranched alkanes of at least 4 members (excludes halogenated alkanes) is 2. The van der Waals surface area contributed by atoms with Crippen LogP contribution in [0, 0.1) is 0 Å². The van der Waals surface area contributed by atoms with Crippen molar-refractivity contribution in [3.63, 3.8) is 0 Å². The predicted octanol–water partition coefficient (Wildman–Crippen LogP) is 6.05. The summed E-state index contributed by atoms with van der Waals surface area (Å²) in [5.41, 5.74) is 0.683. The Kier molecular flexibility index (Phi) is 7.44. The van der Waals surface area contributed by atoms with Gasteiger partial charge >= 0.3 is 5.97 Å². The van der Waals surface area contributed by atoms with Crippen molar-refractivity contribution in [2.75, 3.05) is 26.2 Å². The van der Waals surface area contributed by atoms with Crippen LogP contribution in [0.3, 0.4) is 0 Å². The Balaban J connectivity index is 1.77. The smallest absolute Gasteiger partial charge is 0.339 e. The molecule has 0 aromatic heterocycles. The van der Waals surface area contributed by atoms with E-state index in [1.54, 1.807) is 0 Å². The van der Waals surface area contributed by atoms with Crippen molar-refractivity contribution in [1.29, 1.82) is 0 Å². The lowest BCUT2D eigenvalue weighted by Crippen LogP contribution is -2.30. The zero-order chi connectivity index (χ0) is 19.8. The van der Waals surface area contributed by atoms with Gasteiger partial charge in [-0.05, 0) is 53.5 Å². The van der Waals surface area contributed by atoms with E-state index in [-0.39, 0.29) is 5.97 Å². The fraction of sp³-hybridized carbons (Fsp3) is 0.400. The van der Waals surface area contributed by atoms with Gasteiger partial charge in [0.15, 0.2) is 0 Å². The quantitative estimate of drug-likeness (QED) is 0.318. The van der Waals surface area contributed by atoms with Crippen LogP contribution in [0.1, 0.15) is 49.9 Å². The Bertz CT molecular complexity index is 857. The van der Waals surface area contributed by atoms with Gasteiger partial charge < -0.3 is 4.74 Å². The lowest BCUT2D eigenvalue weighted by Gasteiger charge is -2.21. The second kappa shape index (κ2) is 10.2. The molecule has 0 aliphatic rings. The number of esters is 1. The minimum absolute atomic E-state index is 0.223. The maximum Gasteiger partial charge on any atom is 0.339 e. The molecule has 0 atom stereocenters. The van der Waals surface area contributed by atoms with Gasteiger partial charge in [0.2, 0.25) is 0 Å². The lowest BCUT2D eigenvalue weighted by molar-refractivity contribution is 0.0465. The number of carbonyl (C=O) groups excluding carboxylic acids is 1. The van der Waals surface area contributed by atoms with E-state index >= 15 is 0 Å². The van der Waals surface area contributed by atoms with Crippen molar-refractivity contribution in [1.82, 2.24) is 4.90 Å². The number of hydrogen-bond acceptors (Lipinski definition) is 3. The molecule has 0 unspecified atom stereocenters. The van der Waals surface area contributed by atoms with Gasteiger partial charge in [-0.25, -0.2) is 4.79 Å². The minimum atomic E-state index is -0.223. The van der Waals surface area contributed by atoms with E-state index < -0.39 is 0 Å². The molecule has 0 bridgehead atoms. The van der Waals surface area contributed by atoms with Crippen LogP contribution in [0.25, 0.3) is 21.5 Å². The fourth-order valence-corrected chi connectivity index (χ4v) is 3.67. The normalized spacial score (nSPS) is 11.4. The zero-order valence-electron chi connectivity index (χ0n) is 17.1. The van der Waals surface area contributed by atoms with Crippen molar-refractivity contribution in [3.05, 3.63) is 60.2 Å². The van der Waals surface area contributed by atoms with Crippen LogP contribution in [-0.2, 0) is 4.74 Å². The Morgan fingerprint density at radius 1 is 0.821 bits per heavy atom. The third-order valence-electron chi connectivity index (χ3n) is 5.27. The van der Waals surface area contributed by atoms with Gasteiger partial charge in [-0.3, -0.25) is 4.90 Å². The summed E-state index contributed by atoms with van der Waals surface area (Å²) in [6, 6.07) is 18.2. The van der Waals surface area contributed by atoms with E-state index in [1.165, 1.54) is 25.7 Å². The molecule has 3 aromatic carbocycles. The highest BCUT2D eigenvalue weighted by Crippen LogP contribution is 2.29. The molecule has 0 radical (unpaired) electrons. The molecule has 0 aliphatic carbocycles. The molecule has 0 amide bonds. The van der Waals surface area contributed by atoms with Crippen LogP contribution in [0.15, 0.2) is 54.6 Å². The standard InChI is InChI=1S/C25H31NO2/c1-3-5-15-26(16-6-4-2)17-18-28-25(27)24-22-13-9-7-11-20(22)19-21-12-8-10-14-23(21)24/h7-14,19H,3-6,15-18H2,1-2H3. The van der Waals surface area contributed by atoms with E-state index in [0.717, 1.165) is 41.2 Å². The SMILES string of the molecule is CCCCN(CCCC)CCOC(=O)c1c2ccccc2cc2ccccc12. The first-order valence-electron chi connectivity index (χ1n) is 10.5. The molecule has 3 rings (SSSR count). The first kappa shape index (κ1) is 20.3. The van der Waals surface area contributed by atoms with Gasteiger partial charge in [0, 0.05) is 6.54 Å². The number of carbonyl (C=O) groups is 1. The number of rotatable bonds is 10. The summed E-state index contributed by atoms with van der Waals surface area (Å²) in [7, 11) is 0. The van der Waals surface area contributed by atoms with Crippen molar-refractivity contribution < 1.29 is 9.53 Å². The average Bonchev–Trinajstić information content (AvgIpc) is 2.73. The molecule has 3 nitrogen and oxygen atoms in total. The van der Waals surface area contributed by atoms with E-state index in [9.17, 15) is 4.79 Å². The molecule has 0 fully saturated rings. The predicted molar refractivity (Wildman–Crippen MR) is 118 cm³/mol. The van der Waals surface area contributed by atoms with E-state index in [2.05, 4.69) is 36.9 Å². The van der Waals surface area contributed by atoms with Gasteiger partial charge in [-0.1, -0.05) is 75.2 Å². The highest BCUT2D eigenvalue weighted by molar-refractivity contribution is 6.16. The molecule has 0 N–H and O–H groups in total. The van der Waals surface area contributed by atoms with Gasteiger partial charge in [-0.2, -0.15) is 0 Å². The van der Waals surface area contributed by atoms with Crippen LogP contribution >= 0.6 is 0 Å². The first-order valence-corrected chi connectivity index (χ1v) is 10.5.